The Bertz CT molecular complexity index is 201. The summed E-state index contributed by atoms with van der Waals surface area (Å²) in [6.07, 6.45) is 0. The number of amides is 2. The van der Waals surface area contributed by atoms with Gasteiger partial charge in [-0.1, -0.05) is 24.1 Å². The summed E-state index contributed by atoms with van der Waals surface area (Å²) in [5, 5.41) is 7.30. The summed E-state index contributed by atoms with van der Waals surface area (Å²) in [6.45, 7) is 7.89. The van der Waals surface area contributed by atoms with Gasteiger partial charge in [-0.2, -0.15) is 0 Å². The van der Waals surface area contributed by atoms with Crippen molar-refractivity contribution in [3.8, 4) is 0 Å². The van der Waals surface area contributed by atoms with Gasteiger partial charge in [0.1, 0.15) is 0 Å². The van der Waals surface area contributed by atoms with E-state index in [2.05, 4.69) is 10.6 Å². The van der Waals surface area contributed by atoms with Gasteiger partial charge in [-0.3, -0.25) is 0 Å². The smallest absolute Gasteiger partial charge is 0.672 e. The van der Waals surface area contributed by atoms with Gasteiger partial charge in [-0.15, -0.1) is 7.05 Å². The number of nitrogens with zero attached hydrogens (tertiary/aromatic N) is 2. The maximum Gasteiger partial charge on any atom is 1.00 e. The van der Waals surface area contributed by atoms with Crippen LogP contribution in [-0.4, -0.2) is 19.1 Å². The molecule has 0 aliphatic heterocycles. The van der Waals surface area contributed by atoms with E-state index in [1.807, 2.05) is 27.7 Å². The van der Waals surface area contributed by atoms with Crippen molar-refractivity contribution in [2.45, 2.75) is 33.7 Å². The van der Waals surface area contributed by atoms with Gasteiger partial charge in [-0.05, 0) is 26.8 Å². The summed E-state index contributed by atoms with van der Waals surface area (Å²) in [6, 6.07) is -0.436. The summed E-state index contributed by atoms with van der Waals surface area (Å²) in [4.78, 5) is 10.8. The molecule has 2 amide bonds. The van der Waals surface area contributed by atoms with E-state index in [-0.39, 0.29) is 128 Å². The summed E-state index contributed by atoms with van der Waals surface area (Å²) in [7, 11) is 1.45. The van der Waals surface area contributed by atoms with Crippen LogP contribution in [0.5, 0.6) is 0 Å². The fourth-order valence-corrected chi connectivity index (χ4v) is 0.738. The van der Waals surface area contributed by atoms with Gasteiger partial charge in [0.05, 0.1) is 0 Å². The molecular formula is C9H16N2ORb2. The van der Waals surface area contributed by atoms with E-state index < -0.39 is 0 Å². The van der Waals surface area contributed by atoms with Gasteiger partial charge in [0.15, 0.2) is 0 Å². The fraction of sp³-hybridized carbons (Fsp3) is 0.667. The summed E-state index contributed by atoms with van der Waals surface area (Å²) >= 11 is 0. The molecule has 5 heteroatoms. The molecule has 0 aromatic carbocycles. The predicted molar refractivity (Wildman–Crippen MR) is 51.5 cm³/mol. The first-order valence-electron chi connectivity index (χ1n) is 3.97. The molecule has 70 valence electrons. The summed E-state index contributed by atoms with van der Waals surface area (Å²) < 4.78 is 0. The third kappa shape index (κ3) is 9.82. The van der Waals surface area contributed by atoms with Crippen LogP contribution in [0.1, 0.15) is 27.7 Å². The molecule has 0 radical (unpaired) electrons. The largest absolute Gasteiger partial charge is 1.00 e. The van der Waals surface area contributed by atoms with E-state index in [0.29, 0.717) is 0 Å². The van der Waals surface area contributed by atoms with Gasteiger partial charge >= 0.3 is 116 Å². The molecule has 0 heterocycles. The second kappa shape index (κ2) is 12.1. The van der Waals surface area contributed by atoms with E-state index >= 15 is 0 Å². The van der Waals surface area contributed by atoms with Crippen LogP contribution >= 0.6 is 0 Å². The average molecular weight is 339 g/mol. The third-order valence-electron chi connectivity index (χ3n) is 1.91. The number of hydrogen-bond acceptors (Lipinski definition) is 1. The predicted octanol–water partition coefficient (Wildman–Crippen LogP) is -2.76. The van der Waals surface area contributed by atoms with Crippen molar-refractivity contribution in [1.29, 1.82) is 0 Å². The molecule has 14 heavy (non-hydrogen) atoms. The molecule has 0 aliphatic rings. The summed E-state index contributed by atoms with van der Waals surface area (Å²) in [5.41, 5.74) is 2.34. The molecule has 0 spiro atoms. The Labute approximate surface area is 185 Å². The Morgan fingerprint density at radius 3 is 1.86 bits per heavy atom. The molecule has 0 N–H and O–H groups in total. The van der Waals surface area contributed by atoms with E-state index in [9.17, 15) is 4.79 Å². The molecular weight excluding hydrogens is 323 g/mol. The molecule has 0 saturated heterocycles. The first kappa shape index (κ1) is 21.9. The minimum absolute atomic E-state index is 0. The Morgan fingerprint density at radius 2 is 1.57 bits per heavy atom. The van der Waals surface area contributed by atoms with Crippen molar-refractivity contribution in [3.05, 3.63) is 21.8 Å². The molecule has 0 bridgehead atoms. The van der Waals surface area contributed by atoms with Crippen molar-refractivity contribution < 1.29 is 121 Å². The van der Waals surface area contributed by atoms with Crippen LogP contribution in [0.15, 0.2) is 11.1 Å². The van der Waals surface area contributed by atoms with Gasteiger partial charge in [0, 0.05) is 0 Å². The van der Waals surface area contributed by atoms with Gasteiger partial charge < -0.3 is 15.4 Å². The zero-order chi connectivity index (χ0) is 9.72. The zero-order valence-corrected chi connectivity index (χ0v) is 20.2. The maximum atomic E-state index is 10.8. The number of carbonyl (C=O) groups excluding carboxylic acids is 1. The van der Waals surface area contributed by atoms with Gasteiger partial charge in [0.25, 0.3) is 0 Å². The molecule has 0 aromatic heterocycles. The summed E-state index contributed by atoms with van der Waals surface area (Å²) in [5.74, 6) is 0. The van der Waals surface area contributed by atoms with Crippen LogP contribution in [0.2, 0.25) is 0 Å². The van der Waals surface area contributed by atoms with Gasteiger partial charge in [-0.25, -0.2) is 0 Å². The van der Waals surface area contributed by atoms with E-state index in [1.54, 1.807) is 0 Å². The molecule has 1 atom stereocenters. The fourth-order valence-electron chi connectivity index (χ4n) is 0.738. The Morgan fingerprint density at radius 1 is 1.14 bits per heavy atom. The Hall–Kier alpha value is 2.62. The molecule has 0 rings (SSSR count). The number of carbonyl (C=O) groups is 1. The molecule has 0 aromatic rings. The first-order chi connectivity index (χ1) is 5.49. The van der Waals surface area contributed by atoms with Crippen LogP contribution in [-0.2, 0) is 0 Å². The van der Waals surface area contributed by atoms with Crippen molar-refractivity contribution in [3.63, 3.8) is 0 Å². The second-order valence-corrected chi connectivity index (χ2v) is 2.99. The van der Waals surface area contributed by atoms with Crippen molar-refractivity contribution >= 4 is 6.03 Å². The van der Waals surface area contributed by atoms with Crippen LogP contribution in [0, 0.1) is 0 Å². The van der Waals surface area contributed by atoms with Crippen LogP contribution in [0.25, 0.3) is 10.6 Å². The van der Waals surface area contributed by atoms with Crippen molar-refractivity contribution in [2.24, 2.45) is 0 Å². The first-order valence-corrected chi connectivity index (χ1v) is 3.97. The number of urea groups is 1. The molecule has 0 fully saturated rings. The topological polar surface area (TPSA) is 45.3 Å². The Balaban J connectivity index is -0.000000605. The van der Waals surface area contributed by atoms with E-state index in [4.69, 9.17) is 0 Å². The number of rotatable bonds is 2. The SMILES string of the molecule is C[N-]C(=O)[N-]C(C)C(C)=C(C)C.[Rb+].[Rb+]. The molecule has 1 unspecified atom stereocenters. The van der Waals surface area contributed by atoms with Gasteiger partial charge in [0.2, 0.25) is 0 Å². The third-order valence-corrected chi connectivity index (χ3v) is 1.91. The van der Waals surface area contributed by atoms with Crippen molar-refractivity contribution in [2.75, 3.05) is 7.05 Å². The zero-order valence-electron chi connectivity index (χ0n) is 10.4. The molecule has 0 saturated carbocycles. The minimum atomic E-state index is -0.386. The molecule has 0 aliphatic carbocycles. The van der Waals surface area contributed by atoms with Crippen LogP contribution in [0.4, 0.5) is 4.79 Å². The van der Waals surface area contributed by atoms with E-state index in [0.717, 1.165) is 5.57 Å². The Kier molecular flexibility index (Phi) is 18.9. The van der Waals surface area contributed by atoms with Crippen molar-refractivity contribution in [1.82, 2.24) is 0 Å². The standard InChI is InChI=1S/C9H17N2O.2Rb/c1-6(2)7(3)8(4)11-9(12)10-5;;/h8H,1-5H3,(H-,10,11,12);;/q-1;2*+1/p-1. The normalized spacial score (nSPS) is 10.1. The maximum absolute atomic E-state index is 10.8. The quantitative estimate of drug-likeness (QED) is 0.503. The van der Waals surface area contributed by atoms with E-state index in [1.165, 1.54) is 12.6 Å². The number of hydrogen-bond donors (Lipinski definition) is 0. The minimum Gasteiger partial charge on any atom is -0.672 e. The monoisotopic (exact) mass is 338 g/mol. The van der Waals surface area contributed by atoms with Crippen LogP contribution in [0.3, 0.4) is 0 Å². The second-order valence-electron chi connectivity index (χ2n) is 2.99. The average Bonchev–Trinajstić information content (AvgIpc) is 2.02. The molecule has 3 nitrogen and oxygen atoms in total. The van der Waals surface area contributed by atoms with Crippen LogP contribution < -0.4 is 116 Å². The number of allylic oxidation sites excluding steroid dienone is 1.